The first-order valence-corrected chi connectivity index (χ1v) is 27.7. The van der Waals surface area contributed by atoms with Crippen LogP contribution in [0.4, 0.5) is 0 Å². The van der Waals surface area contributed by atoms with Crippen LogP contribution in [0, 0.1) is 0 Å². The van der Waals surface area contributed by atoms with E-state index in [9.17, 15) is 33.1 Å². The van der Waals surface area contributed by atoms with Gasteiger partial charge in [0.05, 0.1) is 19.8 Å². The maximum atomic E-state index is 12.9. The summed E-state index contributed by atoms with van der Waals surface area (Å²) in [5.74, 6) is -0.425. The first kappa shape index (κ1) is 64.5. The standard InChI is InChI=1S/C57H92O12S/c1-3-5-7-9-11-13-15-17-19-21-23-25-26-27-28-30-32-34-36-38-40-42-44-46-53(59)67-51(50-66-57-55(61)56(69-70(62,63)64)54(60)52(48-58)68-57)49-65-47-45-43-41-39-37-35-33-31-29-24-22-20-18-16-14-12-10-8-6-4-2/h5-8,11-14,17-20,23-25,27-29,33,35,51-52,54-58,60-61H,3-4,9-10,15-16,21-22,26,30-32,34,36-50H2,1-2H3,(H,62,63,64)/b7-5-,8-6-,13-11-,14-12-,19-17-,20-18-,25-23-,28-27-,29-24-,35-33-. The van der Waals surface area contributed by atoms with Gasteiger partial charge in [0, 0.05) is 13.0 Å². The van der Waals surface area contributed by atoms with E-state index in [2.05, 4.69) is 140 Å². The molecule has 0 spiro atoms. The van der Waals surface area contributed by atoms with Crippen molar-refractivity contribution in [1.29, 1.82) is 0 Å². The van der Waals surface area contributed by atoms with Crippen molar-refractivity contribution in [3.8, 4) is 0 Å². The molecule has 1 saturated heterocycles. The molecule has 1 aliphatic rings. The maximum Gasteiger partial charge on any atom is 0.397 e. The zero-order chi connectivity index (χ0) is 51.0. The summed E-state index contributed by atoms with van der Waals surface area (Å²) in [5, 5.41) is 30.8. The predicted octanol–water partition coefficient (Wildman–Crippen LogP) is 12.5. The topological polar surface area (TPSA) is 178 Å². The van der Waals surface area contributed by atoms with Crippen LogP contribution in [0.5, 0.6) is 0 Å². The molecule has 1 rings (SSSR count). The van der Waals surface area contributed by atoms with E-state index >= 15 is 0 Å². The molecule has 1 fully saturated rings. The van der Waals surface area contributed by atoms with Crippen molar-refractivity contribution >= 4 is 16.4 Å². The Hall–Kier alpha value is -3.50. The molecule has 4 N–H and O–H groups in total. The maximum absolute atomic E-state index is 12.9. The van der Waals surface area contributed by atoms with Gasteiger partial charge in [-0.1, -0.05) is 180 Å². The molecule has 0 aliphatic carbocycles. The van der Waals surface area contributed by atoms with E-state index in [-0.39, 0.29) is 19.6 Å². The van der Waals surface area contributed by atoms with Gasteiger partial charge in [-0.15, -0.1) is 0 Å². The fraction of sp³-hybridized carbons (Fsp3) is 0.632. The van der Waals surface area contributed by atoms with Crippen molar-refractivity contribution in [1.82, 2.24) is 0 Å². The lowest BCUT2D eigenvalue weighted by molar-refractivity contribution is -0.301. The van der Waals surface area contributed by atoms with Crippen molar-refractivity contribution < 1.29 is 56.2 Å². The average Bonchev–Trinajstić information content (AvgIpc) is 3.34. The second-order valence-corrected chi connectivity index (χ2v) is 18.4. The van der Waals surface area contributed by atoms with E-state index < -0.39 is 59.8 Å². The van der Waals surface area contributed by atoms with E-state index in [1.807, 2.05) is 0 Å². The van der Waals surface area contributed by atoms with Crippen LogP contribution in [0.1, 0.15) is 168 Å². The molecular weight excluding hydrogens is 909 g/mol. The van der Waals surface area contributed by atoms with Gasteiger partial charge >= 0.3 is 16.4 Å². The Labute approximate surface area is 423 Å². The highest BCUT2D eigenvalue weighted by Gasteiger charge is 2.48. The summed E-state index contributed by atoms with van der Waals surface area (Å²) in [4.78, 5) is 12.9. The summed E-state index contributed by atoms with van der Waals surface area (Å²) in [7, 11) is -5.08. The van der Waals surface area contributed by atoms with Crippen molar-refractivity contribution in [3.05, 3.63) is 122 Å². The number of carbonyl (C=O) groups is 1. The van der Waals surface area contributed by atoms with Crippen LogP contribution in [0.15, 0.2) is 122 Å². The molecule has 6 unspecified atom stereocenters. The quantitative estimate of drug-likeness (QED) is 0.0197. The molecule has 12 nitrogen and oxygen atoms in total. The van der Waals surface area contributed by atoms with Gasteiger partial charge in [-0.3, -0.25) is 9.35 Å². The van der Waals surface area contributed by atoms with E-state index in [1.165, 1.54) is 6.42 Å². The van der Waals surface area contributed by atoms with E-state index in [1.54, 1.807) is 0 Å². The number of hydrogen-bond donors (Lipinski definition) is 4. The van der Waals surface area contributed by atoms with Gasteiger partial charge in [-0.25, -0.2) is 4.18 Å². The van der Waals surface area contributed by atoms with Crippen molar-refractivity contribution in [2.24, 2.45) is 0 Å². The molecule has 398 valence electrons. The summed E-state index contributed by atoms with van der Waals surface area (Å²) >= 11 is 0. The second kappa shape index (κ2) is 46.6. The summed E-state index contributed by atoms with van der Waals surface area (Å²) < 4.78 is 59.3. The van der Waals surface area contributed by atoms with E-state index in [0.717, 1.165) is 135 Å². The van der Waals surface area contributed by atoms with E-state index in [0.29, 0.717) is 13.0 Å². The number of hydrogen-bond acceptors (Lipinski definition) is 11. The Bertz CT molecular complexity index is 1670. The van der Waals surface area contributed by atoms with Gasteiger partial charge in [-0.05, 0) is 103 Å². The minimum atomic E-state index is -5.08. The van der Waals surface area contributed by atoms with Gasteiger partial charge in [-0.2, -0.15) is 8.42 Å². The molecule has 13 heteroatoms. The smallest absolute Gasteiger partial charge is 0.397 e. The van der Waals surface area contributed by atoms with Crippen LogP contribution in [0.25, 0.3) is 0 Å². The molecule has 6 atom stereocenters. The first-order chi connectivity index (χ1) is 34.1. The number of rotatable bonds is 44. The molecule has 0 radical (unpaired) electrons. The highest BCUT2D eigenvalue weighted by atomic mass is 32.3. The number of esters is 1. The fourth-order valence-electron chi connectivity index (χ4n) is 7.20. The Morgan fingerprint density at radius 3 is 1.37 bits per heavy atom. The average molecular weight is 1000 g/mol. The molecule has 0 aromatic carbocycles. The Kier molecular flexibility index (Phi) is 42.9. The second-order valence-electron chi connectivity index (χ2n) is 17.3. The van der Waals surface area contributed by atoms with Gasteiger partial charge in [0.2, 0.25) is 0 Å². The van der Waals surface area contributed by atoms with Gasteiger partial charge in [0.15, 0.2) is 6.29 Å². The Balaban J connectivity index is 2.40. The minimum absolute atomic E-state index is 0.00517. The molecule has 70 heavy (non-hydrogen) atoms. The number of carbonyl (C=O) groups excluding carboxylic acids is 1. The number of allylic oxidation sites excluding steroid dienone is 20. The molecule has 1 heterocycles. The Morgan fingerprint density at radius 1 is 0.543 bits per heavy atom. The SMILES string of the molecule is CC/C=C\C/C=C\C/C=C\C/C=C\C/C=C\CCCCCCCCCC(=O)OC(COCCCCCC/C=C\C/C=C\C/C=C\C/C=C\C/C=C\CC)COC1OC(CO)C(O)C(OS(=O)(=O)O)C1O. The third kappa shape index (κ3) is 39.2. The van der Waals surface area contributed by atoms with Crippen LogP contribution in [0.2, 0.25) is 0 Å². The number of aliphatic hydroxyl groups is 3. The minimum Gasteiger partial charge on any atom is -0.457 e. The molecule has 0 bridgehead atoms. The molecule has 0 saturated carbocycles. The summed E-state index contributed by atoms with van der Waals surface area (Å²) in [6.07, 6.45) is 57.9. The van der Waals surface area contributed by atoms with Crippen molar-refractivity contribution in [2.75, 3.05) is 26.4 Å². The number of unbranched alkanes of at least 4 members (excludes halogenated alkanes) is 11. The zero-order valence-electron chi connectivity index (χ0n) is 42.8. The lowest BCUT2D eigenvalue weighted by Crippen LogP contribution is -2.60. The lowest BCUT2D eigenvalue weighted by atomic mass is 9.99. The predicted molar refractivity (Wildman–Crippen MR) is 284 cm³/mol. The summed E-state index contributed by atoms with van der Waals surface area (Å²) in [6, 6.07) is 0. The van der Waals surface area contributed by atoms with E-state index in [4.69, 9.17) is 18.9 Å². The Morgan fingerprint density at radius 2 is 0.943 bits per heavy atom. The molecule has 0 amide bonds. The molecule has 1 aliphatic heterocycles. The molecule has 0 aromatic rings. The zero-order valence-corrected chi connectivity index (χ0v) is 43.6. The molecule has 0 aromatic heterocycles. The van der Waals surface area contributed by atoms with Crippen LogP contribution < -0.4 is 0 Å². The highest BCUT2D eigenvalue weighted by Crippen LogP contribution is 2.26. The highest BCUT2D eigenvalue weighted by molar-refractivity contribution is 7.80. The lowest BCUT2D eigenvalue weighted by Gasteiger charge is -2.41. The third-order valence-electron chi connectivity index (χ3n) is 11.1. The number of ether oxygens (including phenoxy) is 4. The monoisotopic (exact) mass is 1000 g/mol. The molecular formula is C57H92O12S. The number of aliphatic hydroxyl groups excluding tert-OH is 3. The third-order valence-corrected chi connectivity index (χ3v) is 11.5. The van der Waals surface area contributed by atoms with Crippen molar-refractivity contribution in [2.45, 2.75) is 205 Å². The van der Waals surface area contributed by atoms with Crippen LogP contribution in [-0.4, -0.2) is 97.5 Å². The fourth-order valence-corrected chi connectivity index (χ4v) is 7.70. The van der Waals surface area contributed by atoms with Gasteiger partial charge in [0.25, 0.3) is 0 Å². The summed E-state index contributed by atoms with van der Waals surface area (Å²) in [6.45, 7) is 3.67. The van der Waals surface area contributed by atoms with Crippen LogP contribution >= 0.6 is 0 Å². The van der Waals surface area contributed by atoms with Crippen LogP contribution in [-0.2, 0) is 38.3 Å². The van der Waals surface area contributed by atoms with Crippen molar-refractivity contribution in [3.63, 3.8) is 0 Å². The normalized spacial score (nSPS) is 20.1. The first-order valence-electron chi connectivity index (χ1n) is 26.3. The largest absolute Gasteiger partial charge is 0.457 e. The van der Waals surface area contributed by atoms with Crippen LogP contribution in [0.3, 0.4) is 0 Å². The van der Waals surface area contributed by atoms with Gasteiger partial charge < -0.3 is 34.3 Å². The summed E-state index contributed by atoms with van der Waals surface area (Å²) in [5.41, 5.74) is 0. The van der Waals surface area contributed by atoms with Gasteiger partial charge in [0.1, 0.15) is 30.5 Å².